The number of hydrogen-bond acceptors (Lipinski definition) is 4. The van der Waals surface area contributed by atoms with Crippen molar-refractivity contribution in [2.24, 2.45) is 15.8 Å². The largest absolute Gasteiger partial charge is 0.427 e. The third kappa shape index (κ3) is 7.15. The average Bonchev–Trinajstić information content (AvgIpc) is 2.47. The van der Waals surface area contributed by atoms with Crippen LogP contribution in [0.2, 0.25) is 6.04 Å². The number of amides is 2. The Morgan fingerprint density at radius 3 is 2.75 bits per heavy atom. The zero-order chi connectivity index (χ0) is 18.2. The Morgan fingerprint density at radius 2 is 2.12 bits per heavy atom. The molecule has 6 nitrogen and oxygen atoms in total. The Balaban J connectivity index is 2.51. The van der Waals surface area contributed by atoms with Crippen molar-refractivity contribution in [2.45, 2.75) is 58.5 Å². The fourth-order valence-corrected chi connectivity index (χ4v) is 4.72. The molecule has 7 heteroatoms. The quantitative estimate of drug-likeness (QED) is 0.314. The number of aliphatic imine (C=N–C) groups is 1. The molecular formula is C17H33N3O3Si. The second-order valence-electron chi connectivity index (χ2n) is 8.21. The Labute approximate surface area is 148 Å². The van der Waals surface area contributed by atoms with Crippen LogP contribution in [-0.2, 0) is 9.22 Å². The van der Waals surface area contributed by atoms with Crippen molar-refractivity contribution in [3.05, 3.63) is 0 Å². The van der Waals surface area contributed by atoms with Gasteiger partial charge in [-0.2, -0.15) is 0 Å². The molecule has 0 aromatic carbocycles. The number of urea groups is 1. The first-order valence-corrected chi connectivity index (χ1v) is 10.3. The number of hydrogen-bond donors (Lipinski definition) is 1. The number of isocyanates is 1. The van der Waals surface area contributed by atoms with Gasteiger partial charge in [0.05, 0.1) is 6.04 Å². The molecule has 2 unspecified atom stereocenters. The lowest BCUT2D eigenvalue weighted by Crippen LogP contribution is -2.47. The third-order valence-corrected chi connectivity index (χ3v) is 5.96. The van der Waals surface area contributed by atoms with Gasteiger partial charge in [-0.25, -0.2) is 14.6 Å². The zero-order valence-electron chi connectivity index (χ0n) is 15.9. The van der Waals surface area contributed by atoms with E-state index in [0.717, 1.165) is 38.3 Å². The number of nitrogens with zero attached hydrogens (tertiary/aromatic N) is 2. The van der Waals surface area contributed by atoms with Crippen LogP contribution in [0.5, 0.6) is 0 Å². The minimum atomic E-state index is -0.407. The summed E-state index contributed by atoms with van der Waals surface area (Å²) >= 11 is 0. The number of carbonyl (C=O) groups is 1. The summed E-state index contributed by atoms with van der Waals surface area (Å²) in [7, 11) is 3.17. The molecule has 1 aliphatic carbocycles. The first-order valence-electron chi connectivity index (χ1n) is 8.76. The summed E-state index contributed by atoms with van der Waals surface area (Å²) in [6.07, 6.45) is 5.41. The molecule has 0 aliphatic heterocycles. The van der Waals surface area contributed by atoms with Gasteiger partial charge in [0.2, 0.25) is 6.08 Å². The van der Waals surface area contributed by atoms with E-state index in [9.17, 15) is 9.59 Å². The van der Waals surface area contributed by atoms with Crippen molar-refractivity contribution >= 4 is 21.9 Å². The van der Waals surface area contributed by atoms with E-state index in [2.05, 4.69) is 31.1 Å². The predicted octanol–water partition coefficient (Wildman–Crippen LogP) is 2.09. The number of rotatable bonds is 8. The van der Waals surface area contributed by atoms with E-state index in [4.69, 9.17) is 4.43 Å². The molecule has 24 heavy (non-hydrogen) atoms. The van der Waals surface area contributed by atoms with Crippen molar-refractivity contribution in [1.82, 2.24) is 10.2 Å². The summed E-state index contributed by atoms with van der Waals surface area (Å²) < 4.78 is 5.16. The summed E-state index contributed by atoms with van der Waals surface area (Å²) in [4.78, 5) is 28.6. The maximum atomic E-state index is 12.3. The average molecular weight is 356 g/mol. The lowest BCUT2D eigenvalue weighted by Gasteiger charge is -2.45. The van der Waals surface area contributed by atoms with Crippen molar-refractivity contribution < 1.29 is 14.0 Å². The SMILES string of the molecule is CO[SiH2]CCCN(C)C(=O)NCC1(C)CC(N=C=O)CC(C)(C)C1. The topological polar surface area (TPSA) is 71.0 Å². The van der Waals surface area contributed by atoms with E-state index in [1.807, 2.05) is 7.05 Å². The summed E-state index contributed by atoms with van der Waals surface area (Å²) in [5.41, 5.74) is 0.0612. The molecule has 1 rings (SSSR count). The van der Waals surface area contributed by atoms with Crippen LogP contribution in [0.15, 0.2) is 4.99 Å². The molecule has 0 spiro atoms. The van der Waals surface area contributed by atoms with Crippen LogP contribution < -0.4 is 5.32 Å². The van der Waals surface area contributed by atoms with Gasteiger partial charge in [-0.05, 0) is 42.6 Å². The third-order valence-electron chi connectivity index (χ3n) is 4.76. The summed E-state index contributed by atoms with van der Waals surface area (Å²) in [5.74, 6) is 0. The maximum absolute atomic E-state index is 12.3. The van der Waals surface area contributed by atoms with Crippen LogP contribution in [0.1, 0.15) is 46.5 Å². The van der Waals surface area contributed by atoms with E-state index in [-0.39, 0.29) is 22.9 Å². The summed E-state index contributed by atoms with van der Waals surface area (Å²) in [5, 5.41) is 3.06. The molecule has 0 aromatic heterocycles. The second kappa shape index (κ2) is 9.35. The molecule has 2 atom stereocenters. The lowest BCUT2D eigenvalue weighted by molar-refractivity contribution is 0.0836. The molecule has 0 heterocycles. The molecule has 0 saturated heterocycles. The van der Waals surface area contributed by atoms with Gasteiger partial charge in [0.1, 0.15) is 0 Å². The molecule has 0 bridgehead atoms. The molecule has 1 saturated carbocycles. The van der Waals surface area contributed by atoms with E-state index in [1.54, 1.807) is 18.1 Å². The maximum Gasteiger partial charge on any atom is 0.317 e. The van der Waals surface area contributed by atoms with Gasteiger partial charge >= 0.3 is 6.03 Å². The van der Waals surface area contributed by atoms with Crippen LogP contribution in [0.3, 0.4) is 0 Å². The summed E-state index contributed by atoms with van der Waals surface area (Å²) in [6, 6.07) is 1.06. The molecule has 2 amide bonds. The van der Waals surface area contributed by atoms with Crippen LogP contribution in [0.25, 0.3) is 0 Å². The highest BCUT2D eigenvalue weighted by molar-refractivity contribution is 6.26. The number of carbonyl (C=O) groups excluding carboxylic acids is 2. The fourth-order valence-electron chi connectivity index (χ4n) is 4.00. The Bertz CT molecular complexity index is 466. The molecular weight excluding hydrogens is 322 g/mol. The van der Waals surface area contributed by atoms with Crippen LogP contribution in [0.4, 0.5) is 4.79 Å². The normalized spacial score (nSPS) is 26.1. The van der Waals surface area contributed by atoms with Gasteiger partial charge in [0.25, 0.3) is 0 Å². The predicted molar refractivity (Wildman–Crippen MR) is 98.7 cm³/mol. The van der Waals surface area contributed by atoms with Gasteiger partial charge in [-0.1, -0.05) is 20.8 Å². The first kappa shape index (κ1) is 20.9. The molecule has 1 fully saturated rings. The van der Waals surface area contributed by atoms with Gasteiger partial charge < -0.3 is 14.6 Å². The van der Waals surface area contributed by atoms with Crippen molar-refractivity contribution in [2.75, 3.05) is 27.2 Å². The van der Waals surface area contributed by atoms with E-state index in [0.29, 0.717) is 6.54 Å². The fraction of sp³-hybridized carbons (Fsp3) is 0.882. The van der Waals surface area contributed by atoms with Crippen molar-refractivity contribution in [1.29, 1.82) is 0 Å². The van der Waals surface area contributed by atoms with E-state index >= 15 is 0 Å². The smallest absolute Gasteiger partial charge is 0.317 e. The van der Waals surface area contributed by atoms with Gasteiger partial charge in [0, 0.05) is 27.2 Å². The Kier molecular flexibility index (Phi) is 8.13. The molecule has 1 aliphatic rings. The van der Waals surface area contributed by atoms with Crippen LogP contribution in [-0.4, -0.2) is 60.1 Å². The van der Waals surface area contributed by atoms with Gasteiger partial charge in [-0.3, -0.25) is 0 Å². The minimum absolute atomic E-state index is 0.00452. The van der Waals surface area contributed by atoms with Gasteiger partial charge in [-0.15, -0.1) is 0 Å². The second-order valence-corrected chi connectivity index (χ2v) is 9.91. The summed E-state index contributed by atoms with van der Waals surface area (Å²) in [6.45, 7) is 7.93. The van der Waals surface area contributed by atoms with Crippen molar-refractivity contribution in [3.63, 3.8) is 0 Å². The zero-order valence-corrected chi connectivity index (χ0v) is 17.3. The standard InChI is InChI=1S/C17H33N3O3Si/c1-16(2)9-14(19-13-21)10-17(3,11-16)12-18-15(22)20(4)7-6-8-24-23-5/h14H,6-12,24H2,1-5H3,(H,18,22). The highest BCUT2D eigenvalue weighted by Crippen LogP contribution is 2.46. The van der Waals surface area contributed by atoms with Crippen LogP contribution in [0, 0.1) is 10.8 Å². The molecule has 0 aromatic rings. The minimum Gasteiger partial charge on any atom is -0.427 e. The van der Waals surface area contributed by atoms with Gasteiger partial charge in [0.15, 0.2) is 9.76 Å². The molecule has 1 N–H and O–H groups in total. The van der Waals surface area contributed by atoms with Crippen LogP contribution >= 0.6 is 0 Å². The monoisotopic (exact) mass is 355 g/mol. The number of nitrogens with one attached hydrogen (secondary N) is 1. The highest BCUT2D eigenvalue weighted by Gasteiger charge is 2.41. The van der Waals surface area contributed by atoms with E-state index < -0.39 is 9.76 Å². The van der Waals surface area contributed by atoms with Crippen molar-refractivity contribution in [3.8, 4) is 0 Å². The first-order chi connectivity index (χ1) is 11.2. The molecule has 0 radical (unpaired) electrons. The van der Waals surface area contributed by atoms with E-state index in [1.165, 1.54) is 0 Å². The Hall–Kier alpha value is -1.17. The Morgan fingerprint density at radius 1 is 1.42 bits per heavy atom. The molecule has 138 valence electrons. The lowest BCUT2D eigenvalue weighted by atomic mass is 9.63. The highest BCUT2D eigenvalue weighted by atomic mass is 28.2.